The average Bonchev–Trinajstić information content (AvgIpc) is 2.73. The zero-order valence-electron chi connectivity index (χ0n) is 11.5. The molecule has 3 heteroatoms. The normalized spacial score (nSPS) is 17.2. The molecule has 0 spiro atoms. The molecule has 1 atom stereocenters. The summed E-state index contributed by atoms with van der Waals surface area (Å²) in [7, 11) is 0. The summed E-state index contributed by atoms with van der Waals surface area (Å²) in [6.45, 7) is 10.1. The van der Waals surface area contributed by atoms with Crippen molar-refractivity contribution in [2.24, 2.45) is 5.41 Å². The van der Waals surface area contributed by atoms with Crippen LogP contribution in [0.15, 0.2) is 0 Å². The van der Waals surface area contributed by atoms with E-state index in [2.05, 4.69) is 33.0 Å². The van der Waals surface area contributed by atoms with Crippen LogP contribution in [0.3, 0.4) is 0 Å². The fourth-order valence-corrected chi connectivity index (χ4v) is 3.69. The summed E-state index contributed by atoms with van der Waals surface area (Å²) in [4.78, 5) is 6.39. The van der Waals surface area contributed by atoms with Gasteiger partial charge in [-0.3, -0.25) is 0 Å². The van der Waals surface area contributed by atoms with E-state index in [1.807, 2.05) is 11.3 Å². The molecule has 1 heterocycles. The minimum Gasteiger partial charge on any atom is -0.308 e. The van der Waals surface area contributed by atoms with Crippen molar-refractivity contribution in [2.45, 2.75) is 59.4 Å². The van der Waals surface area contributed by atoms with Crippen molar-refractivity contribution in [3.63, 3.8) is 0 Å². The van der Waals surface area contributed by atoms with Gasteiger partial charge in [-0.1, -0.05) is 27.7 Å². The molecule has 1 aliphatic carbocycles. The Morgan fingerprint density at radius 1 is 1.35 bits per heavy atom. The Kier molecular flexibility index (Phi) is 3.88. The third-order valence-corrected chi connectivity index (χ3v) is 4.45. The first-order chi connectivity index (χ1) is 7.99. The third kappa shape index (κ3) is 3.29. The van der Waals surface area contributed by atoms with Crippen molar-refractivity contribution in [2.75, 3.05) is 6.54 Å². The minimum atomic E-state index is 0.350. The predicted molar refractivity (Wildman–Crippen MR) is 74.6 cm³/mol. The lowest BCUT2D eigenvalue weighted by Gasteiger charge is -2.25. The molecule has 0 saturated heterocycles. The highest BCUT2D eigenvalue weighted by molar-refractivity contribution is 7.11. The van der Waals surface area contributed by atoms with E-state index in [1.54, 1.807) is 0 Å². The van der Waals surface area contributed by atoms with Crippen LogP contribution in [-0.2, 0) is 12.8 Å². The SMILES string of the molecule is CCNC(CC(C)(C)C)c1nc2c(s1)CCC2. The van der Waals surface area contributed by atoms with Crippen molar-refractivity contribution in [3.8, 4) is 0 Å². The lowest BCUT2D eigenvalue weighted by molar-refractivity contribution is 0.313. The number of hydrogen-bond donors (Lipinski definition) is 1. The van der Waals surface area contributed by atoms with Crippen LogP contribution in [0.4, 0.5) is 0 Å². The largest absolute Gasteiger partial charge is 0.308 e. The number of nitrogens with zero attached hydrogens (tertiary/aromatic N) is 1. The van der Waals surface area contributed by atoms with Crippen LogP contribution in [0, 0.1) is 5.41 Å². The number of nitrogens with one attached hydrogen (secondary N) is 1. The lowest BCUT2D eigenvalue weighted by atomic mass is 9.88. The van der Waals surface area contributed by atoms with Gasteiger partial charge in [0.2, 0.25) is 0 Å². The maximum Gasteiger partial charge on any atom is 0.110 e. The predicted octanol–water partition coefficient (Wildman–Crippen LogP) is 3.72. The Morgan fingerprint density at radius 3 is 2.71 bits per heavy atom. The minimum absolute atomic E-state index is 0.350. The number of aromatic nitrogens is 1. The van der Waals surface area contributed by atoms with E-state index < -0.39 is 0 Å². The molecular weight excluding hydrogens is 228 g/mol. The van der Waals surface area contributed by atoms with Gasteiger partial charge in [-0.25, -0.2) is 4.98 Å². The summed E-state index contributed by atoms with van der Waals surface area (Å²) in [5, 5.41) is 4.90. The first kappa shape index (κ1) is 13.0. The fourth-order valence-electron chi connectivity index (χ4n) is 2.46. The molecule has 0 aliphatic heterocycles. The molecule has 0 saturated carbocycles. The van der Waals surface area contributed by atoms with Crippen LogP contribution in [0.25, 0.3) is 0 Å². The van der Waals surface area contributed by atoms with Crippen molar-refractivity contribution in [1.82, 2.24) is 10.3 Å². The van der Waals surface area contributed by atoms with Crippen LogP contribution in [0.1, 0.15) is 62.2 Å². The molecule has 96 valence electrons. The Labute approximate surface area is 109 Å². The molecule has 0 bridgehead atoms. The summed E-state index contributed by atoms with van der Waals surface area (Å²) < 4.78 is 0. The standard InChI is InChI=1S/C14H24N2S/c1-5-15-11(9-14(2,3)4)13-16-10-7-6-8-12(10)17-13/h11,15H,5-9H2,1-4H3. The fraction of sp³-hybridized carbons (Fsp3) is 0.786. The molecule has 0 fully saturated rings. The number of aryl methyl sites for hydroxylation is 2. The van der Waals surface area contributed by atoms with Gasteiger partial charge in [0.1, 0.15) is 5.01 Å². The highest BCUT2D eigenvalue weighted by atomic mass is 32.1. The lowest BCUT2D eigenvalue weighted by Crippen LogP contribution is -2.25. The van der Waals surface area contributed by atoms with Crippen LogP contribution >= 0.6 is 11.3 Å². The second kappa shape index (κ2) is 5.07. The Morgan fingerprint density at radius 2 is 2.12 bits per heavy atom. The second-order valence-electron chi connectivity index (χ2n) is 6.15. The molecule has 1 aromatic heterocycles. The van der Waals surface area contributed by atoms with Crippen molar-refractivity contribution in [3.05, 3.63) is 15.6 Å². The zero-order valence-corrected chi connectivity index (χ0v) is 12.3. The van der Waals surface area contributed by atoms with Gasteiger partial charge in [-0.05, 0) is 37.6 Å². The molecule has 0 amide bonds. The van der Waals surface area contributed by atoms with E-state index in [1.165, 1.54) is 34.8 Å². The Bertz CT molecular complexity index is 355. The summed E-state index contributed by atoms with van der Waals surface area (Å²) in [6.07, 6.45) is 4.91. The van der Waals surface area contributed by atoms with Crippen LogP contribution < -0.4 is 5.32 Å². The monoisotopic (exact) mass is 252 g/mol. The van der Waals surface area contributed by atoms with Gasteiger partial charge in [0.25, 0.3) is 0 Å². The van der Waals surface area contributed by atoms with Gasteiger partial charge in [-0.15, -0.1) is 11.3 Å². The van der Waals surface area contributed by atoms with E-state index >= 15 is 0 Å². The van der Waals surface area contributed by atoms with E-state index in [9.17, 15) is 0 Å². The number of thiazole rings is 1. The molecule has 2 nitrogen and oxygen atoms in total. The Balaban J connectivity index is 2.14. The topological polar surface area (TPSA) is 24.9 Å². The average molecular weight is 252 g/mol. The molecule has 0 radical (unpaired) electrons. The van der Waals surface area contributed by atoms with Crippen molar-refractivity contribution < 1.29 is 0 Å². The van der Waals surface area contributed by atoms with Gasteiger partial charge in [-0.2, -0.15) is 0 Å². The molecule has 1 aliphatic rings. The van der Waals surface area contributed by atoms with Gasteiger partial charge < -0.3 is 5.32 Å². The summed E-state index contributed by atoms with van der Waals surface area (Å²) >= 11 is 1.94. The maximum absolute atomic E-state index is 4.85. The highest BCUT2D eigenvalue weighted by Gasteiger charge is 2.25. The van der Waals surface area contributed by atoms with E-state index in [-0.39, 0.29) is 0 Å². The molecule has 1 N–H and O–H groups in total. The third-order valence-electron chi connectivity index (χ3n) is 3.18. The van der Waals surface area contributed by atoms with Gasteiger partial charge in [0, 0.05) is 4.88 Å². The van der Waals surface area contributed by atoms with Crippen LogP contribution in [-0.4, -0.2) is 11.5 Å². The first-order valence-electron chi connectivity index (χ1n) is 6.71. The molecule has 0 aromatic carbocycles. The van der Waals surface area contributed by atoms with E-state index in [0.717, 1.165) is 13.0 Å². The molecule has 1 aromatic rings. The molecule has 2 rings (SSSR count). The molecule has 17 heavy (non-hydrogen) atoms. The smallest absolute Gasteiger partial charge is 0.110 e. The van der Waals surface area contributed by atoms with Crippen molar-refractivity contribution >= 4 is 11.3 Å². The number of hydrogen-bond acceptors (Lipinski definition) is 3. The van der Waals surface area contributed by atoms with Gasteiger partial charge >= 0.3 is 0 Å². The molecular formula is C14H24N2S. The number of fused-ring (bicyclic) bond motifs is 1. The van der Waals surface area contributed by atoms with Gasteiger partial charge in [0.15, 0.2) is 0 Å². The van der Waals surface area contributed by atoms with Crippen molar-refractivity contribution in [1.29, 1.82) is 0 Å². The second-order valence-corrected chi connectivity index (χ2v) is 7.27. The zero-order chi connectivity index (χ0) is 12.5. The van der Waals surface area contributed by atoms with Crippen LogP contribution in [0.2, 0.25) is 0 Å². The van der Waals surface area contributed by atoms with E-state index in [0.29, 0.717) is 11.5 Å². The summed E-state index contributed by atoms with van der Waals surface area (Å²) in [5.41, 5.74) is 1.73. The van der Waals surface area contributed by atoms with Gasteiger partial charge in [0.05, 0.1) is 11.7 Å². The summed E-state index contributed by atoms with van der Waals surface area (Å²) in [6, 6.07) is 0.440. The first-order valence-corrected chi connectivity index (χ1v) is 7.53. The maximum atomic E-state index is 4.85. The number of rotatable bonds is 4. The van der Waals surface area contributed by atoms with Crippen LogP contribution in [0.5, 0.6) is 0 Å². The Hall–Kier alpha value is -0.410. The van der Waals surface area contributed by atoms with E-state index in [4.69, 9.17) is 4.98 Å². The highest BCUT2D eigenvalue weighted by Crippen LogP contribution is 2.35. The summed E-state index contributed by atoms with van der Waals surface area (Å²) in [5.74, 6) is 0. The molecule has 1 unspecified atom stereocenters. The quantitative estimate of drug-likeness (QED) is 0.883.